The fourth-order valence-electron chi connectivity index (χ4n) is 2.91. The number of aromatic nitrogens is 1. The summed E-state index contributed by atoms with van der Waals surface area (Å²) >= 11 is 0. The molecule has 0 aliphatic heterocycles. The van der Waals surface area contributed by atoms with Gasteiger partial charge in [0.15, 0.2) is 0 Å². The molecule has 1 aromatic rings. The van der Waals surface area contributed by atoms with E-state index in [4.69, 9.17) is 4.74 Å². The summed E-state index contributed by atoms with van der Waals surface area (Å²) < 4.78 is 5.85. The van der Waals surface area contributed by atoms with Crippen molar-refractivity contribution in [2.24, 2.45) is 5.92 Å². The molecule has 1 saturated carbocycles. The molecule has 3 nitrogen and oxygen atoms in total. The third-order valence-electron chi connectivity index (χ3n) is 4.10. The fraction of sp³-hybridized carbons (Fsp3) is 0.706. The minimum Gasteiger partial charge on any atom is -0.490 e. The summed E-state index contributed by atoms with van der Waals surface area (Å²) in [6.07, 6.45) is 7.98. The summed E-state index contributed by atoms with van der Waals surface area (Å²) in [5, 5.41) is 3.53. The lowest BCUT2D eigenvalue weighted by atomic mass is 9.89. The van der Waals surface area contributed by atoms with Gasteiger partial charge in [0.05, 0.1) is 5.69 Å². The quantitative estimate of drug-likeness (QED) is 0.774. The summed E-state index contributed by atoms with van der Waals surface area (Å²) in [6.45, 7) is 6.94. The molecule has 1 aliphatic rings. The van der Waals surface area contributed by atoms with E-state index < -0.39 is 0 Å². The van der Waals surface area contributed by atoms with Crippen molar-refractivity contribution in [3.05, 3.63) is 23.5 Å². The minimum absolute atomic E-state index is 0.727. The van der Waals surface area contributed by atoms with Crippen LogP contribution in [0, 0.1) is 12.8 Å². The monoisotopic (exact) mass is 276 g/mol. The first-order valence-corrected chi connectivity index (χ1v) is 8.09. The Morgan fingerprint density at radius 2 is 2.05 bits per heavy atom. The van der Waals surface area contributed by atoms with Gasteiger partial charge in [0.1, 0.15) is 12.4 Å². The van der Waals surface area contributed by atoms with Crippen LogP contribution in [0.4, 0.5) is 0 Å². The molecule has 0 bridgehead atoms. The van der Waals surface area contributed by atoms with E-state index in [1.54, 1.807) is 0 Å². The number of hydrogen-bond acceptors (Lipinski definition) is 3. The van der Waals surface area contributed by atoms with Gasteiger partial charge >= 0.3 is 0 Å². The second kappa shape index (κ2) is 8.25. The molecule has 3 heteroatoms. The van der Waals surface area contributed by atoms with Crippen LogP contribution in [0.1, 0.15) is 50.4 Å². The van der Waals surface area contributed by atoms with Gasteiger partial charge in [0, 0.05) is 12.2 Å². The Balaban J connectivity index is 1.65. The number of pyridine rings is 1. The summed E-state index contributed by atoms with van der Waals surface area (Å²) in [5.41, 5.74) is 2.13. The highest BCUT2D eigenvalue weighted by atomic mass is 16.5. The largest absolute Gasteiger partial charge is 0.490 e. The van der Waals surface area contributed by atoms with Crippen molar-refractivity contribution in [3.63, 3.8) is 0 Å². The van der Waals surface area contributed by atoms with Crippen LogP contribution in [-0.4, -0.2) is 24.7 Å². The van der Waals surface area contributed by atoms with Crippen molar-refractivity contribution in [2.45, 2.75) is 52.4 Å². The first kappa shape index (κ1) is 15.3. The predicted molar refractivity (Wildman–Crippen MR) is 83.3 cm³/mol. The standard InChI is InChI=1S/C17H28N2O/c1-3-16-17(10-9-14(2)19-16)20-12-11-18-13-15-7-5-4-6-8-15/h9-10,15,18H,3-8,11-13H2,1-2H3. The van der Waals surface area contributed by atoms with E-state index in [-0.39, 0.29) is 0 Å². The van der Waals surface area contributed by atoms with E-state index in [0.29, 0.717) is 0 Å². The summed E-state index contributed by atoms with van der Waals surface area (Å²) in [4.78, 5) is 4.52. The lowest BCUT2D eigenvalue weighted by Gasteiger charge is -2.21. The fourth-order valence-corrected chi connectivity index (χ4v) is 2.91. The first-order chi connectivity index (χ1) is 9.79. The molecule has 0 amide bonds. The van der Waals surface area contributed by atoms with Crippen LogP contribution in [-0.2, 0) is 6.42 Å². The van der Waals surface area contributed by atoms with E-state index >= 15 is 0 Å². The van der Waals surface area contributed by atoms with Crippen LogP contribution < -0.4 is 10.1 Å². The Labute approximate surface area is 123 Å². The number of hydrogen-bond donors (Lipinski definition) is 1. The highest BCUT2D eigenvalue weighted by Crippen LogP contribution is 2.22. The number of nitrogens with one attached hydrogen (secondary N) is 1. The Morgan fingerprint density at radius 1 is 1.25 bits per heavy atom. The summed E-state index contributed by atoms with van der Waals surface area (Å²) in [5.74, 6) is 1.83. The molecule has 1 aliphatic carbocycles. The Hall–Kier alpha value is -1.09. The average Bonchev–Trinajstić information content (AvgIpc) is 2.49. The molecule has 0 radical (unpaired) electrons. The SMILES string of the molecule is CCc1nc(C)ccc1OCCNCC1CCCCC1. The predicted octanol–water partition coefficient (Wildman–Crippen LogP) is 3.50. The van der Waals surface area contributed by atoms with Gasteiger partial charge in [-0.2, -0.15) is 0 Å². The molecule has 0 spiro atoms. The molecule has 1 aromatic heterocycles. The molecule has 0 atom stereocenters. The van der Waals surface area contributed by atoms with Crippen LogP contribution in [0.25, 0.3) is 0 Å². The first-order valence-electron chi connectivity index (χ1n) is 8.09. The van der Waals surface area contributed by atoms with Crippen molar-refractivity contribution in [1.82, 2.24) is 10.3 Å². The smallest absolute Gasteiger partial charge is 0.140 e. The molecule has 20 heavy (non-hydrogen) atoms. The minimum atomic E-state index is 0.727. The molecular formula is C17H28N2O. The van der Waals surface area contributed by atoms with E-state index in [1.807, 2.05) is 19.1 Å². The van der Waals surface area contributed by atoms with Crippen molar-refractivity contribution >= 4 is 0 Å². The molecule has 0 aromatic carbocycles. The van der Waals surface area contributed by atoms with Gasteiger partial charge < -0.3 is 10.1 Å². The third kappa shape index (κ3) is 4.78. The average molecular weight is 276 g/mol. The van der Waals surface area contributed by atoms with E-state index in [0.717, 1.165) is 49.2 Å². The van der Waals surface area contributed by atoms with Crippen LogP contribution in [0.3, 0.4) is 0 Å². The molecule has 112 valence electrons. The zero-order valence-corrected chi connectivity index (χ0v) is 13.0. The van der Waals surface area contributed by atoms with Crippen molar-refractivity contribution in [2.75, 3.05) is 19.7 Å². The second-order valence-corrected chi connectivity index (χ2v) is 5.81. The van der Waals surface area contributed by atoms with Crippen molar-refractivity contribution in [3.8, 4) is 5.75 Å². The maximum Gasteiger partial charge on any atom is 0.140 e. The van der Waals surface area contributed by atoms with Gasteiger partial charge in [0.25, 0.3) is 0 Å². The van der Waals surface area contributed by atoms with Crippen molar-refractivity contribution < 1.29 is 4.74 Å². The molecule has 1 N–H and O–H groups in total. The number of ether oxygens (including phenoxy) is 1. The zero-order valence-electron chi connectivity index (χ0n) is 13.0. The molecular weight excluding hydrogens is 248 g/mol. The van der Waals surface area contributed by atoms with Crippen LogP contribution >= 0.6 is 0 Å². The number of rotatable bonds is 7. The zero-order chi connectivity index (χ0) is 14.2. The van der Waals surface area contributed by atoms with Crippen LogP contribution in [0.2, 0.25) is 0 Å². The van der Waals surface area contributed by atoms with E-state index in [1.165, 1.54) is 32.1 Å². The van der Waals surface area contributed by atoms with Gasteiger partial charge in [-0.15, -0.1) is 0 Å². The van der Waals surface area contributed by atoms with Gasteiger partial charge in [-0.1, -0.05) is 26.2 Å². The van der Waals surface area contributed by atoms with Gasteiger partial charge in [0.2, 0.25) is 0 Å². The normalized spacial score (nSPS) is 16.3. The van der Waals surface area contributed by atoms with Crippen LogP contribution in [0.5, 0.6) is 5.75 Å². The molecule has 2 rings (SSSR count). The van der Waals surface area contributed by atoms with E-state index in [2.05, 4.69) is 17.2 Å². The maximum absolute atomic E-state index is 5.85. The Morgan fingerprint density at radius 3 is 2.80 bits per heavy atom. The lowest BCUT2D eigenvalue weighted by molar-refractivity contribution is 0.291. The van der Waals surface area contributed by atoms with Crippen molar-refractivity contribution in [1.29, 1.82) is 0 Å². The lowest BCUT2D eigenvalue weighted by Crippen LogP contribution is -2.28. The topological polar surface area (TPSA) is 34.1 Å². The molecule has 0 saturated heterocycles. The molecule has 1 heterocycles. The summed E-state index contributed by atoms with van der Waals surface area (Å²) in [7, 11) is 0. The Bertz CT molecular complexity index is 400. The third-order valence-corrected chi connectivity index (χ3v) is 4.10. The second-order valence-electron chi connectivity index (χ2n) is 5.81. The Kier molecular flexibility index (Phi) is 6.31. The maximum atomic E-state index is 5.85. The van der Waals surface area contributed by atoms with Gasteiger partial charge in [-0.3, -0.25) is 4.98 Å². The highest BCUT2D eigenvalue weighted by molar-refractivity contribution is 5.29. The van der Waals surface area contributed by atoms with Gasteiger partial charge in [-0.05, 0) is 50.8 Å². The van der Waals surface area contributed by atoms with E-state index in [9.17, 15) is 0 Å². The van der Waals surface area contributed by atoms with Crippen LogP contribution in [0.15, 0.2) is 12.1 Å². The number of aryl methyl sites for hydroxylation is 2. The highest BCUT2D eigenvalue weighted by Gasteiger charge is 2.12. The van der Waals surface area contributed by atoms with Gasteiger partial charge in [-0.25, -0.2) is 0 Å². The molecule has 1 fully saturated rings. The molecule has 0 unspecified atom stereocenters. The number of nitrogens with zero attached hydrogens (tertiary/aromatic N) is 1. The summed E-state index contributed by atoms with van der Waals surface area (Å²) in [6, 6.07) is 4.06.